The Labute approximate surface area is 123 Å². The molecule has 0 aliphatic carbocycles. The smallest absolute Gasteiger partial charge is 0.225 e. The standard InChI is InChI=1S/C14H20N4OS/c1-4-10-8-19-6-5-18(10)12-11-7-9(2)20-13(11)17-14(15-3)16-12/h7,10H,4-6,8H2,1-3H3,(H,15,16,17). The Morgan fingerprint density at radius 3 is 3.10 bits per heavy atom. The van der Waals surface area contributed by atoms with Crippen LogP contribution >= 0.6 is 11.3 Å². The molecule has 3 heterocycles. The van der Waals surface area contributed by atoms with Crippen molar-refractivity contribution in [1.29, 1.82) is 0 Å². The van der Waals surface area contributed by atoms with Gasteiger partial charge in [0, 0.05) is 18.5 Å². The van der Waals surface area contributed by atoms with Crippen LogP contribution in [-0.2, 0) is 4.74 Å². The van der Waals surface area contributed by atoms with E-state index in [-0.39, 0.29) is 0 Å². The third-order valence-electron chi connectivity index (χ3n) is 3.69. The Bertz CT molecular complexity index is 612. The molecule has 20 heavy (non-hydrogen) atoms. The number of hydrogen-bond acceptors (Lipinski definition) is 6. The van der Waals surface area contributed by atoms with Gasteiger partial charge in [0.15, 0.2) is 0 Å². The first kappa shape index (κ1) is 13.6. The Morgan fingerprint density at radius 2 is 2.35 bits per heavy atom. The molecule has 108 valence electrons. The number of aryl methyl sites for hydroxylation is 1. The molecule has 0 radical (unpaired) electrons. The molecule has 0 bridgehead atoms. The second-order valence-corrected chi connectivity index (χ2v) is 6.26. The van der Waals surface area contributed by atoms with Gasteiger partial charge in [0.05, 0.1) is 24.6 Å². The molecule has 1 atom stereocenters. The van der Waals surface area contributed by atoms with Crippen molar-refractivity contribution >= 4 is 33.3 Å². The van der Waals surface area contributed by atoms with Crippen molar-refractivity contribution in [1.82, 2.24) is 9.97 Å². The van der Waals surface area contributed by atoms with Gasteiger partial charge in [-0.05, 0) is 19.4 Å². The van der Waals surface area contributed by atoms with Crippen LogP contribution in [0.1, 0.15) is 18.2 Å². The van der Waals surface area contributed by atoms with Gasteiger partial charge in [-0.2, -0.15) is 4.98 Å². The van der Waals surface area contributed by atoms with E-state index in [0.29, 0.717) is 12.0 Å². The van der Waals surface area contributed by atoms with Gasteiger partial charge in [-0.25, -0.2) is 4.98 Å². The molecule has 1 N–H and O–H groups in total. The van der Waals surface area contributed by atoms with E-state index >= 15 is 0 Å². The fraction of sp³-hybridized carbons (Fsp3) is 0.571. The van der Waals surface area contributed by atoms with Crippen LogP contribution in [0.4, 0.5) is 11.8 Å². The number of aromatic nitrogens is 2. The van der Waals surface area contributed by atoms with Crippen LogP contribution in [0.2, 0.25) is 0 Å². The first-order chi connectivity index (χ1) is 9.72. The number of thiophene rings is 1. The van der Waals surface area contributed by atoms with Crippen LogP contribution in [0.5, 0.6) is 0 Å². The molecule has 1 unspecified atom stereocenters. The van der Waals surface area contributed by atoms with E-state index in [2.05, 4.69) is 35.1 Å². The lowest BCUT2D eigenvalue weighted by atomic mass is 10.1. The highest BCUT2D eigenvalue weighted by Gasteiger charge is 2.25. The zero-order valence-corrected chi connectivity index (χ0v) is 13.0. The molecule has 5 nitrogen and oxygen atoms in total. The van der Waals surface area contributed by atoms with E-state index in [1.165, 1.54) is 4.88 Å². The van der Waals surface area contributed by atoms with Crippen LogP contribution < -0.4 is 10.2 Å². The second-order valence-electron chi connectivity index (χ2n) is 5.03. The molecule has 2 aromatic rings. The van der Waals surface area contributed by atoms with Gasteiger partial charge in [-0.3, -0.25) is 0 Å². The number of fused-ring (bicyclic) bond motifs is 1. The van der Waals surface area contributed by atoms with Crippen LogP contribution in [0, 0.1) is 6.92 Å². The molecular weight excluding hydrogens is 272 g/mol. The third kappa shape index (κ3) is 2.33. The number of nitrogens with zero attached hydrogens (tertiary/aromatic N) is 3. The zero-order valence-electron chi connectivity index (χ0n) is 12.1. The molecule has 0 aromatic carbocycles. The normalized spacial score (nSPS) is 19.6. The van der Waals surface area contributed by atoms with Crippen LogP contribution in [0.3, 0.4) is 0 Å². The zero-order chi connectivity index (χ0) is 14.1. The van der Waals surface area contributed by atoms with Crippen molar-refractivity contribution < 1.29 is 4.74 Å². The number of nitrogens with one attached hydrogen (secondary N) is 1. The number of morpholine rings is 1. The molecule has 1 fully saturated rings. The topological polar surface area (TPSA) is 50.3 Å². The predicted molar refractivity (Wildman–Crippen MR) is 83.9 cm³/mol. The third-order valence-corrected chi connectivity index (χ3v) is 4.63. The van der Waals surface area contributed by atoms with Crippen LogP contribution in [0.15, 0.2) is 6.07 Å². The number of ether oxygens (including phenoxy) is 1. The maximum Gasteiger partial charge on any atom is 0.225 e. The lowest BCUT2D eigenvalue weighted by Crippen LogP contribution is -2.45. The van der Waals surface area contributed by atoms with Crippen molar-refractivity contribution in [3.05, 3.63) is 10.9 Å². The van der Waals surface area contributed by atoms with Crippen LogP contribution in [-0.4, -0.2) is 42.8 Å². The number of hydrogen-bond donors (Lipinski definition) is 1. The molecule has 0 amide bonds. The van der Waals surface area contributed by atoms with Gasteiger partial charge in [0.2, 0.25) is 5.95 Å². The van der Waals surface area contributed by atoms with Crippen molar-refractivity contribution in [3.63, 3.8) is 0 Å². The van der Waals surface area contributed by atoms with Crippen molar-refractivity contribution in [2.45, 2.75) is 26.3 Å². The summed E-state index contributed by atoms with van der Waals surface area (Å²) in [5.41, 5.74) is 0. The first-order valence-corrected chi connectivity index (χ1v) is 7.85. The summed E-state index contributed by atoms with van der Waals surface area (Å²) in [6, 6.07) is 2.59. The summed E-state index contributed by atoms with van der Waals surface area (Å²) in [5.74, 6) is 1.73. The SMILES string of the molecule is CCC1COCCN1c1nc(NC)nc2sc(C)cc12. The van der Waals surface area contributed by atoms with Gasteiger partial charge in [0.1, 0.15) is 10.6 Å². The largest absolute Gasteiger partial charge is 0.377 e. The highest BCUT2D eigenvalue weighted by atomic mass is 32.1. The van der Waals surface area contributed by atoms with Gasteiger partial charge in [-0.15, -0.1) is 11.3 Å². The van der Waals surface area contributed by atoms with Gasteiger partial charge in [-0.1, -0.05) is 6.92 Å². The van der Waals surface area contributed by atoms with E-state index in [1.54, 1.807) is 11.3 Å². The molecule has 1 aliphatic rings. The fourth-order valence-corrected chi connectivity index (χ4v) is 3.50. The number of anilines is 2. The van der Waals surface area contributed by atoms with Gasteiger partial charge < -0.3 is 15.0 Å². The Balaban J connectivity index is 2.12. The summed E-state index contributed by atoms with van der Waals surface area (Å²) in [6.45, 7) is 6.75. The van der Waals surface area contributed by atoms with E-state index in [1.807, 2.05) is 7.05 Å². The van der Waals surface area contributed by atoms with E-state index in [0.717, 1.165) is 42.2 Å². The molecule has 3 rings (SSSR count). The van der Waals surface area contributed by atoms with Gasteiger partial charge >= 0.3 is 0 Å². The van der Waals surface area contributed by atoms with Crippen molar-refractivity contribution in [2.75, 3.05) is 37.0 Å². The summed E-state index contributed by atoms with van der Waals surface area (Å²) >= 11 is 1.72. The second kappa shape index (κ2) is 5.54. The number of rotatable bonds is 3. The maximum absolute atomic E-state index is 5.60. The van der Waals surface area contributed by atoms with Gasteiger partial charge in [0.25, 0.3) is 0 Å². The minimum absolute atomic E-state index is 0.395. The highest BCUT2D eigenvalue weighted by molar-refractivity contribution is 7.18. The Kier molecular flexibility index (Phi) is 3.76. The average Bonchev–Trinajstić information content (AvgIpc) is 2.86. The molecule has 2 aromatic heterocycles. The summed E-state index contributed by atoms with van der Waals surface area (Å²) < 4.78 is 5.60. The molecule has 1 aliphatic heterocycles. The van der Waals surface area contributed by atoms with E-state index in [9.17, 15) is 0 Å². The summed E-state index contributed by atoms with van der Waals surface area (Å²) in [6.07, 6.45) is 1.06. The molecule has 0 saturated carbocycles. The Morgan fingerprint density at radius 1 is 1.50 bits per heavy atom. The maximum atomic E-state index is 5.60. The summed E-state index contributed by atoms with van der Waals surface area (Å²) in [7, 11) is 1.86. The summed E-state index contributed by atoms with van der Waals surface area (Å²) in [4.78, 5) is 14.0. The monoisotopic (exact) mass is 292 g/mol. The first-order valence-electron chi connectivity index (χ1n) is 7.03. The lowest BCUT2D eigenvalue weighted by molar-refractivity contribution is 0.0927. The molecule has 6 heteroatoms. The van der Waals surface area contributed by atoms with Crippen molar-refractivity contribution in [3.8, 4) is 0 Å². The minimum atomic E-state index is 0.395. The van der Waals surface area contributed by atoms with Crippen LogP contribution in [0.25, 0.3) is 10.2 Å². The minimum Gasteiger partial charge on any atom is -0.377 e. The molecule has 1 saturated heterocycles. The average molecular weight is 292 g/mol. The fourth-order valence-electron chi connectivity index (χ4n) is 2.63. The summed E-state index contributed by atoms with van der Waals surface area (Å²) in [5, 5.41) is 4.23. The lowest BCUT2D eigenvalue weighted by Gasteiger charge is -2.36. The quantitative estimate of drug-likeness (QED) is 0.942. The van der Waals surface area contributed by atoms with Crippen molar-refractivity contribution in [2.24, 2.45) is 0 Å². The Hall–Kier alpha value is -1.40. The molecule has 0 spiro atoms. The highest BCUT2D eigenvalue weighted by Crippen LogP contribution is 2.33. The molecular formula is C14H20N4OS. The van der Waals surface area contributed by atoms with E-state index in [4.69, 9.17) is 9.72 Å². The predicted octanol–water partition coefficient (Wildman–Crippen LogP) is 2.66. The van der Waals surface area contributed by atoms with E-state index < -0.39 is 0 Å².